The number of carboxylic acid groups (broad SMARTS) is 1. The summed E-state index contributed by atoms with van der Waals surface area (Å²) in [5.74, 6) is -0.935. The minimum absolute atomic E-state index is 0.259. The van der Waals surface area contributed by atoms with Gasteiger partial charge in [-0.3, -0.25) is 0 Å². The number of fused-ring (bicyclic) bond motifs is 1. The molecular weight excluding hydrogens is 302 g/mol. The van der Waals surface area contributed by atoms with Crippen LogP contribution in [0.25, 0.3) is 16.9 Å². The lowest BCUT2D eigenvalue weighted by atomic mass is 9.90. The smallest absolute Gasteiger partial charge is 0.335 e. The quantitative estimate of drug-likeness (QED) is 0.802. The van der Waals surface area contributed by atoms with E-state index in [4.69, 9.17) is 5.11 Å². The van der Waals surface area contributed by atoms with Gasteiger partial charge in [0.2, 0.25) is 0 Å². The maximum atomic E-state index is 11.0. The van der Waals surface area contributed by atoms with Crippen molar-refractivity contribution < 1.29 is 9.90 Å². The van der Waals surface area contributed by atoms with E-state index in [1.807, 2.05) is 0 Å². The number of benzene rings is 2. The van der Waals surface area contributed by atoms with Gasteiger partial charge in [0.25, 0.3) is 0 Å². The van der Waals surface area contributed by atoms with Crippen molar-refractivity contribution in [2.45, 2.75) is 25.7 Å². The summed E-state index contributed by atoms with van der Waals surface area (Å²) < 4.78 is 1.75. The first-order chi connectivity index (χ1) is 11.7. The van der Waals surface area contributed by atoms with Crippen LogP contribution in [0.4, 0.5) is 0 Å². The molecule has 0 saturated carbocycles. The number of nitrogens with zero attached hydrogens (tertiary/aromatic N) is 3. The number of carboxylic acids is 1. The molecule has 0 spiro atoms. The van der Waals surface area contributed by atoms with Gasteiger partial charge in [-0.15, -0.1) is 5.10 Å². The van der Waals surface area contributed by atoms with Crippen LogP contribution in [0, 0.1) is 0 Å². The summed E-state index contributed by atoms with van der Waals surface area (Å²) in [6.07, 6.45) is 6.53. The fourth-order valence-electron chi connectivity index (χ4n) is 3.26. The van der Waals surface area contributed by atoms with E-state index in [0.29, 0.717) is 0 Å². The lowest BCUT2D eigenvalue weighted by Crippen LogP contribution is -2.04. The van der Waals surface area contributed by atoms with Crippen molar-refractivity contribution in [2.75, 3.05) is 0 Å². The summed E-state index contributed by atoms with van der Waals surface area (Å²) in [7, 11) is 0. The van der Waals surface area contributed by atoms with E-state index in [-0.39, 0.29) is 5.56 Å². The normalized spacial score (nSPS) is 13.5. The molecule has 0 aliphatic heterocycles. The third-order valence-corrected chi connectivity index (χ3v) is 4.55. The van der Waals surface area contributed by atoms with Crippen LogP contribution in [0.1, 0.15) is 34.3 Å². The Morgan fingerprint density at radius 2 is 1.75 bits per heavy atom. The van der Waals surface area contributed by atoms with Gasteiger partial charge in [0.1, 0.15) is 0 Å². The molecule has 0 radical (unpaired) electrons. The van der Waals surface area contributed by atoms with Gasteiger partial charge >= 0.3 is 5.97 Å². The fourth-order valence-corrected chi connectivity index (χ4v) is 3.26. The van der Waals surface area contributed by atoms with Crippen LogP contribution < -0.4 is 0 Å². The Bertz CT molecular complexity index is 897. The minimum atomic E-state index is -0.935. The minimum Gasteiger partial charge on any atom is -0.478 e. The first-order valence-electron chi connectivity index (χ1n) is 8.09. The summed E-state index contributed by atoms with van der Waals surface area (Å²) in [6.45, 7) is 0. The summed E-state index contributed by atoms with van der Waals surface area (Å²) in [6, 6.07) is 13.2. The molecule has 1 heterocycles. The van der Waals surface area contributed by atoms with E-state index in [1.165, 1.54) is 24.0 Å². The zero-order chi connectivity index (χ0) is 16.5. The van der Waals surface area contributed by atoms with Crippen molar-refractivity contribution in [1.82, 2.24) is 15.0 Å². The van der Waals surface area contributed by atoms with Crippen molar-refractivity contribution in [3.63, 3.8) is 0 Å². The second-order valence-electron chi connectivity index (χ2n) is 6.07. The molecule has 0 fully saturated rings. The van der Waals surface area contributed by atoms with Crippen LogP contribution in [0.15, 0.2) is 48.7 Å². The number of aromatic nitrogens is 3. The molecule has 0 atom stereocenters. The molecular formula is C19H17N3O2. The molecule has 1 N–H and O–H groups in total. The summed E-state index contributed by atoms with van der Waals surface area (Å²) >= 11 is 0. The molecule has 0 saturated heterocycles. The molecule has 120 valence electrons. The molecule has 5 heteroatoms. The Morgan fingerprint density at radius 3 is 2.50 bits per heavy atom. The molecule has 2 aromatic carbocycles. The van der Waals surface area contributed by atoms with Crippen molar-refractivity contribution in [3.05, 3.63) is 65.4 Å². The van der Waals surface area contributed by atoms with Crippen molar-refractivity contribution in [1.29, 1.82) is 0 Å². The number of aromatic carboxylic acids is 1. The molecule has 1 aromatic heterocycles. The predicted octanol–water partition coefficient (Wildman–Crippen LogP) is 3.51. The average molecular weight is 319 g/mol. The van der Waals surface area contributed by atoms with E-state index in [0.717, 1.165) is 29.8 Å². The van der Waals surface area contributed by atoms with E-state index >= 15 is 0 Å². The highest BCUT2D eigenvalue weighted by Gasteiger charge is 2.14. The number of aryl methyl sites for hydroxylation is 2. The monoisotopic (exact) mass is 319 g/mol. The lowest BCUT2D eigenvalue weighted by molar-refractivity contribution is 0.0697. The summed E-state index contributed by atoms with van der Waals surface area (Å²) in [5, 5.41) is 17.2. The highest BCUT2D eigenvalue weighted by Crippen LogP contribution is 2.28. The van der Waals surface area contributed by atoms with Crippen LogP contribution >= 0.6 is 0 Å². The zero-order valence-corrected chi connectivity index (χ0v) is 13.1. The molecule has 0 unspecified atom stereocenters. The third-order valence-electron chi connectivity index (χ3n) is 4.55. The van der Waals surface area contributed by atoms with Crippen molar-refractivity contribution >= 4 is 5.97 Å². The van der Waals surface area contributed by atoms with Crippen LogP contribution in [-0.2, 0) is 12.8 Å². The summed E-state index contributed by atoms with van der Waals surface area (Å²) in [4.78, 5) is 11.0. The Morgan fingerprint density at radius 1 is 1.00 bits per heavy atom. The largest absolute Gasteiger partial charge is 0.478 e. The van der Waals surface area contributed by atoms with Gasteiger partial charge in [-0.25, -0.2) is 9.48 Å². The topological polar surface area (TPSA) is 68.0 Å². The number of rotatable bonds is 3. The van der Waals surface area contributed by atoms with Gasteiger partial charge in [0.05, 0.1) is 23.1 Å². The molecule has 3 aromatic rings. The van der Waals surface area contributed by atoms with Crippen molar-refractivity contribution in [3.8, 4) is 16.9 Å². The zero-order valence-electron chi connectivity index (χ0n) is 13.1. The van der Waals surface area contributed by atoms with Gasteiger partial charge in [-0.05, 0) is 67.1 Å². The van der Waals surface area contributed by atoms with Gasteiger partial charge < -0.3 is 5.11 Å². The molecule has 1 aliphatic carbocycles. The lowest BCUT2D eigenvalue weighted by Gasteiger charge is -2.16. The van der Waals surface area contributed by atoms with Gasteiger partial charge in [-0.1, -0.05) is 17.3 Å². The van der Waals surface area contributed by atoms with Crippen LogP contribution in [-0.4, -0.2) is 26.1 Å². The highest BCUT2D eigenvalue weighted by atomic mass is 16.4. The highest BCUT2D eigenvalue weighted by molar-refractivity contribution is 5.87. The van der Waals surface area contributed by atoms with Crippen molar-refractivity contribution in [2.24, 2.45) is 0 Å². The average Bonchev–Trinajstić information content (AvgIpc) is 3.11. The Balaban J connectivity index is 1.73. The second kappa shape index (κ2) is 5.92. The number of hydrogen-bond acceptors (Lipinski definition) is 3. The van der Waals surface area contributed by atoms with Crippen LogP contribution in [0.5, 0.6) is 0 Å². The predicted molar refractivity (Wildman–Crippen MR) is 90.4 cm³/mol. The van der Waals surface area contributed by atoms with E-state index < -0.39 is 5.97 Å². The number of hydrogen-bond donors (Lipinski definition) is 1. The molecule has 24 heavy (non-hydrogen) atoms. The standard InChI is InChI=1S/C19H17N3O2/c23-19(24)14-7-9-17(10-8-14)22-18(12-20-21-22)16-6-5-13-3-1-2-4-15(13)11-16/h5-12H,1-4H2,(H,23,24). The van der Waals surface area contributed by atoms with E-state index in [9.17, 15) is 4.79 Å². The first kappa shape index (κ1) is 14.6. The summed E-state index contributed by atoms with van der Waals surface area (Å²) in [5.41, 5.74) is 5.90. The third kappa shape index (κ3) is 2.58. The van der Waals surface area contributed by atoms with E-state index in [2.05, 4.69) is 28.5 Å². The van der Waals surface area contributed by atoms with Gasteiger partial charge in [-0.2, -0.15) is 0 Å². The Hall–Kier alpha value is -2.95. The van der Waals surface area contributed by atoms with Crippen LogP contribution in [0.3, 0.4) is 0 Å². The molecule has 0 bridgehead atoms. The fraction of sp³-hybridized carbons (Fsp3) is 0.211. The van der Waals surface area contributed by atoms with Gasteiger partial charge in [0, 0.05) is 5.56 Å². The first-order valence-corrected chi connectivity index (χ1v) is 8.09. The van der Waals surface area contributed by atoms with Gasteiger partial charge in [0.15, 0.2) is 0 Å². The SMILES string of the molecule is O=C(O)c1ccc(-n2nncc2-c2ccc3c(c2)CCCC3)cc1. The second-order valence-corrected chi connectivity index (χ2v) is 6.07. The Kier molecular flexibility index (Phi) is 3.61. The Labute approximate surface area is 139 Å². The number of carbonyl (C=O) groups is 1. The molecule has 0 amide bonds. The van der Waals surface area contributed by atoms with Crippen LogP contribution in [0.2, 0.25) is 0 Å². The van der Waals surface area contributed by atoms with E-state index in [1.54, 1.807) is 35.1 Å². The maximum Gasteiger partial charge on any atom is 0.335 e. The molecule has 1 aliphatic rings. The molecule has 5 nitrogen and oxygen atoms in total. The molecule has 4 rings (SSSR count). The maximum absolute atomic E-state index is 11.0.